The van der Waals surface area contributed by atoms with Crippen molar-refractivity contribution in [1.29, 1.82) is 0 Å². The Morgan fingerprint density at radius 1 is 1.40 bits per heavy atom. The van der Waals surface area contributed by atoms with E-state index in [4.69, 9.17) is 10.2 Å². The van der Waals surface area contributed by atoms with Crippen LogP contribution in [0.2, 0.25) is 0 Å². The molecule has 160 valence electrons. The minimum absolute atomic E-state index is 0.0124. The zero-order valence-corrected chi connectivity index (χ0v) is 17.5. The molecule has 1 fully saturated rings. The summed E-state index contributed by atoms with van der Waals surface area (Å²) in [5, 5.41) is 20.4. The van der Waals surface area contributed by atoms with E-state index in [2.05, 4.69) is 27.5 Å². The molecule has 1 saturated heterocycles. The predicted molar refractivity (Wildman–Crippen MR) is 117 cm³/mol. The van der Waals surface area contributed by atoms with Crippen molar-refractivity contribution in [3.63, 3.8) is 0 Å². The first kappa shape index (κ1) is 21.7. The summed E-state index contributed by atoms with van der Waals surface area (Å²) < 4.78 is 8.04. The third kappa shape index (κ3) is 5.14. The second-order valence-corrected chi connectivity index (χ2v) is 7.23. The van der Waals surface area contributed by atoms with Crippen molar-refractivity contribution in [2.75, 3.05) is 13.1 Å². The molecule has 0 aliphatic carbocycles. The summed E-state index contributed by atoms with van der Waals surface area (Å²) >= 11 is 4.01. The Balaban J connectivity index is 1.81. The summed E-state index contributed by atoms with van der Waals surface area (Å²) in [5.74, 6) is 0.960. The van der Waals surface area contributed by atoms with Gasteiger partial charge in [0.15, 0.2) is 17.4 Å². The van der Waals surface area contributed by atoms with Crippen LogP contribution in [0, 0.1) is 6.92 Å². The number of carbonyl (C=O) groups excluding carboxylic acids is 1. The Morgan fingerprint density at radius 2 is 2.20 bits per heavy atom. The SMILES string of the molecule is Cc1ccc(CN=C(NS)C(N)=Nc2cccc(C(=O)N3CCCC(O)C3)c2O)o1. The molecule has 5 N–H and O–H groups in total. The molecule has 10 heteroatoms. The minimum atomic E-state index is -0.556. The molecule has 1 aliphatic heterocycles. The van der Waals surface area contributed by atoms with Crippen molar-refractivity contribution in [1.82, 2.24) is 9.62 Å². The lowest BCUT2D eigenvalue weighted by atomic mass is 10.1. The smallest absolute Gasteiger partial charge is 0.257 e. The highest BCUT2D eigenvalue weighted by Crippen LogP contribution is 2.31. The Labute approximate surface area is 179 Å². The van der Waals surface area contributed by atoms with Gasteiger partial charge < -0.3 is 30.0 Å². The number of hydrogen-bond acceptors (Lipinski definition) is 7. The first-order chi connectivity index (χ1) is 14.4. The first-order valence-electron chi connectivity index (χ1n) is 9.52. The van der Waals surface area contributed by atoms with E-state index in [1.54, 1.807) is 12.1 Å². The van der Waals surface area contributed by atoms with Crippen LogP contribution in [0.4, 0.5) is 5.69 Å². The number of amides is 1. The molecular formula is C20H25N5O4S. The highest BCUT2D eigenvalue weighted by molar-refractivity contribution is 7.78. The average Bonchev–Trinajstić information content (AvgIpc) is 3.14. The number of nitrogens with zero attached hydrogens (tertiary/aromatic N) is 3. The largest absolute Gasteiger partial charge is 0.505 e. The minimum Gasteiger partial charge on any atom is -0.505 e. The van der Waals surface area contributed by atoms with Gasteiger partial charge in [-0.3, -0.25) is 9.79 Å². The van der Waals surface area contributed by atoms with Crippen molar-refractivity contribution in [2.24, 2.45) is 15.7 Å². The zero-order valence-electron chi connectivity index (χ0n) is 16.6. The number of amidine groups is 2. The van der Waals surface area contributed by atoms with Gasteiger partial charge in [0, 0.05) is 13.1 Å². The highest BCUT2D eigenvalue weighted by atomic mass is 32.1. The van der Waals surface area contributed by atoms with Crippen molar-refractivity contribution in [3.05, 3.63) is 47.4 Å². The van der Waals surface area contributed by atoms with Crippen LogP contribution in [-0.2, 0) is 6.54 Å². The lowest BCUT2D eigenvalue weighted by Gasteiger charge is -2.30. The Bertz CT molecular complexity index is 972. The van der Waals surface area contributed by atoms with E-state index in [0.29, 0.717) is 25.1 Å². The fourth-order valence-electron chi connectivity index (χ4n) is 3.19. The maximum atomic E-state index is 12.8. The third-order valence-corrected chi connectivity index (χ3v) is 4.92. The number of aliphatic imine (C=N–C) groups is 2. The molecule has 9 nitrogen and oxygen atoms in total. The number of nitrogens with two attached hydrogens (primary N) is 1. The van der Waals surface area contributed by atoms with Gasteiger partial charge in [-0.25, -0.2) is 4.99 Å². The number of aliphatic hydroxyl groups excluding tert-OH is 1. The maximum absolute atomic E-state index is 12.8. The van der Waals surface area contributed by atoms with Gasteiger partial charge in [-0.1, -0.05) is 18.9 Å². The Hall–Kier alpha value is -2.98. The predicted octanol–water partition coefficient (Wildman–Crippen LogP) is 1.91. The summed E-state index contributed by atoms with van der Waals surface area (Å²) in [6, 6.07) is 8.30. The van der Waals surface area contributed by atoms with E-state index in [9.17, 15) is 15.0 Å². The number of benzene rings is 1. The number of thiol groups is 1. The number of β-amino-alcohol motifs (C(OH)–C–C–N with tert-alkyl or cyclic N) is 1. The number of aliphatic hydroxyl groups is 1. The van der Waals surface area contributed by atoms with Gasteiger partial charge in [-0.05, 0) is 44.0 Å². The number of likely N-dealkylation sites (tertiary alicyclic amines) is 1. The average molecular weight is 432 g/mol. The van der Waals surface area contributed by atoms with Gasteiger partial charge in [-0.2, -0.15) is 0 Å². The number of rotatable bonds is 4. The molecule has 2 aromatic rings. The number of aryl methyl sites for hydroxylation is 1. The molecule has 3 rings (SSSR count). The van der Waals surface area contributed by atoms with Crippen molar-refractivity contribution >= 4 is 36.1 Å². The summed E-state index contributed by atoms with van der Waals surface area (Å²) in [5.41, 5.74) is 6.25. The van der Waals surface area contributed by atoms with E-state index < -0.39 is 6.10 Å². The molecule has 1 amide bonds. The molecule has 30 heavy (non-hydrogen) atoms. The second kappa shape index (κ2) is 9.68. The standard InChI is InChI=1S/C20H25N5O4S/c1-12-7-8-14(29-12)10-22-19(24-30)18(21)23-16-6-2-5-15(17(16)27)20(28)25-9-3-4-13(26)11-25/h2,5-8,13,26-27,30H,3-4,9-11H2,1H3,(H2,21,23)(H,22,24). The van der Waals surface area contributed by atoms with E-state index in [1.807, 2.05) is 13.0 Å². The molecular weight excluding hydrogens is 406 g/mol. The van der Waals surface area contributed by atoms with Crippen LogP contribution in [0.1, 0.15) is 34.7 Å². The van der Waals surface area contributed by atoms with Crippen LogP contribution in [0.3, 0.4) is 0 Å². The summed E-state index contributed by atoms with van der Waals surface area (Å²) in [6.45, 7) is 2.83. The normalized spacial score (nSPS) is 17.8. The molecule has 0 radical (unpaired) electrons. The number of hydrogen-bond donors (Lipinski definition) is 5. The fourth-order valence-corrected chi connectivity index (χ4v) is 3.37. The lowest BCUT2D eigenvalue weighted by Crippen LogP contribution is -2.42. The van der Waals surface area contributed by atoms with E-state index in [-0.39, 0.29) is 47.7 Å². The van der Waals surface area contributed by atoms with Crippen LogP contribution >= 0.6 is 12.8 Å². The van der Waals surface area contributed by atoms with Gasteiger partial charge >= 0.3 is 0 Å². The van der Waals surface area contributed by atoms with Crippen LogP contribution in [-0.4, -0.2) is 51.9 Å². The van der Waals surface area contributed by atoms with Crippen LogP contribution < -0.4 is 10.5 Å². The maximum Gasteiger partial charge on any atom is 0.257 e. The zero-order chi connectivity index (χ0) is 21.7. The van der Waals surface area contributed by atoms with Crippen molar-refractivity contribution in [2.45, 2.75) is 32.4 Å². The molecule has 1 aromatic heterocycles. The molecule has 1 atom stereocenters. The topological polar surface area (TPSA) is 137 Å². The molecule has 2 heterocycles. The number of piperidine rings is 1. The van der Waals surface area contributed by atoms with Gasteiger partial charge in [0.2, 0.25) is 0 Å². The van der Waals surface area contributed by atoms with Gasteiger partial charge in [0.1, 0.15) is 17.2 Å². The molecule has 1 aromatic carbocycles. The number of para-hydroxylation sites is 1. The van der Waals surface area contributed by atoms with Crippen LogP contribution in [0.15, 0.2) is 44.7 Å². The van der Waals surface area contributed by atoms with Crippen molar-refractivity contribution < 1.29 is 19.4 Å². The van der Waals surface area contributed by atoms with Gasteiger partial charge in [0.25, 0.3) is 5.91 Å². The number of nitrogens with one attached hydrogen (secondary N) is 1. The number of phenolic OH excluding ortho intramolecular Hbond substituents is 1. The lowest BCUT2D eigenvalue weighted by molar-refractivity contribution is 0.0471. The number of furan rings is 1. The molecule has 1 aliphatic rings. The molecule has 0 saturated carbocycles. The van der Waals surface area contributed by atoms with E-state index >= 15 is 0 Å². The van der Waals surface area contributed by atoms with E-state index in [0.717, 1.165) is 5.76 Å². The molecule has 0 spiro atoms. The summed E-state index contributed by atoms with van der Waals surface area (Å²) in [6.07, 6.45) is 0.814. The molecule has 1 unspecified atom stereocenters. The van der Waals surface area contributed by atoms with Crippen LogP contribution in [0.25, 0.3) is 0 Å². The van der Waals surface area contributed by atoms with Crippen LogP contribution in [0.5, 0.6) is 5.75 Å². The van der Waals surface area contributed by atoms with Gasteiger partial charge in [-0.15, -0.1) is 0 Å². The highest BCUT2D eigenvalue weighted by Gasteiger charge is 2.25. The number of carbonyl (C=O) groups is 1. The Kier molecular flexibility index (Phi) is 7.01. The van der Waals surface area contributed by atoms with Crippen molar-refractivity contribution in [3.8, 4) is 5.75 Å². The second-order valence-electron chi connectivity index (χ2n) is 7.01. The monoisotopic (exact) mass is 431 g/mol. The Morgan fingerprint density at radius 3 is 2.87 bits per heavy atom. The number of aromatic hydroxyl groups is 1. The molecule has 0 bridgehead atoms. The quantitative estimate of drug-likeness (QED) is 0.285. The summed E-state index contributed by atoms with van der Waals surface area (Å²) in [7, 11) is 0. The van der Waals surface area contributed by atoms with E-state index in [1.165, 1.54) is 17.0 Å². The third-order valence-electron chi connectivity index (χ3n) is 4.71. The number of phenols is 1. The first-order valence-corrected chi connectivity index (χ1v) is 9.97. The summed E-state index contributed by atoms with van der Waals surface area (Å²) in [4.78, 5) is 22.8. The fraction of sp³-hybridized carbons (Fsp3) is 0.350. The van der Waals surface area contributed by atoms with Gasteiger partial charge in [0.05, 0.1) is 18.2 Å².